The summed E-state index contributed by atoms with van der Waals surface area (Å²) in [6, 6.07) is 22.2. The maximum absolute atomic E-state index is 7.98. The standard InChI is InChI=1S/C16H12N/c17-16-11-4-3-9-15(16)14-10-5-7-12-6-1-2-8-13(12)14/h1-11,17H. The summed E-state index contributed by atoms with van der Waals surface area (Å²) >= 11 is 0. The number of fused-ring (bicyclic) bond motifs is 1. The summed E-state index contributed by atoms with van der Waals surface area (Å²) in [6.45, 7) is 0. The number of hydrogen-bond acceptors (Lipinski definition) is 0. The Balaban J connectivity index is 2.35. The molecule has 0 saturated heterocycles. The molecule has 0 saturated carbocycles. The Hall–Kier alpha value is -2.28. The molecule has 17 heavy (non-hydrogen) atoms. The Bertz CT molecular complexity index is 666. The summed E-state index contributed by atoms with van der Waals surface area (Å²) in [4.78, 5) is 0. The molecule has 0 aliphatic carbocycles. The van der Waals surface area contributed by atoms with Crippen molar-refractivity contribution >= 4 is 16.5 Å². The normalized spacial score (nSPS) is 10.6. The van der Waals surface area contributed by atoms with E-state index in [0.29, 0.717) is 5.69 Å². The maximum atomic E-state index is 7.98. The molecule has 1 heteroatoms. The minimum absolute atomic E-state index is 0.573. The van der Waals surface area contributed by atoms with Crippen LogP contribution < -0.4 is 5.73 Å². The lowest BCUT2D eigenvalue weighted by Crippen LogP contribution is -1.83. The summed E-state index contributed by atoms with van der Waals surface area (Å²) in [6.07, 6.45) is 0. The van der Waals surface area contributed by atoms with E-state index >= 15 is 0 Å². The van der Waals surface area contributed by atoms with Crippen LogP contribution in [0.2, 0.25) is 0 Å². The van der Waals surface area contributed by atoms with Crippen LogP contribution in [0, 0.1) is 0 Å². The van der Waals surface area contributed by atoms with Crippen molar-refractivity contribution in [2.24, 2.45) is 0 Å². The van der Waals surface area contributed by atoms with Crippen molar-refractivity contribution in [3.05, 3.63) is 66.7 Å². The highest BCUT2D eigenvalue weighted by Crippen LogP contribution is 2.32. The first-order valence-electron chi connectivity index (χ1n) is 5.65. The molecular formula is C16H12N. The van der Waals surface area contributed by atoms with Crippen molar-refractivity contribution in [2.45, 2.75) is 0 Å². The van der Waals surface area contributed by atoms with E-state index in [1.165, 1.54) is 10.8 Å². The Morgan fingerprint density at radius 2 is 1.24 bits per heavy atom. The van der Waals surface area contributed by atoms with Gasteiger partial charge in [0.2, 0.25) is 0 Å². The highest BCUT2D eigenvalue weighted by atomic mass is 14.6. The van der Waals surface area contributed by atoms with Crippen molar-refractivity contribution in [2.75, 3.05) is 0 Å². The van der Waals surface area contributed by atoms with E-state index in [1.54, 1.807) is 0 Å². The molecular weight excluding hydrogens is 206 g/mol. The van der Waals surface area contributed by atoms with Crippen LogP contribution in [-0.4, -0.2) is 0 Å². The van der Waals surface area contributed by atoms with Gasteiger partial charge in [0.15, 0.2) is 0 Å². The molecule has 0 amide bonds. The van der Waals surface area contributed by atoms with Crippen LogP contribution in [0.25, 0.3) is 21.9 Å². The lowest BCUT2D eigenvalue weighted by Gasteiger charge is -2.08. The van der Waals surface area contributed by atoms with Gasteiger partial charge in [-0.25, -0.2) is 0 Å². The van der Waals surface area contributed by atoms with E-state index < -0.39 is 0 Å². The van der Waals surface area contributed by atoms with Gasteiger partial charge in [-0.2, -0.15) is 0 Å². The Kier molecular flexibility index (Phi) is 2.30. The fraction of sp³-hybridized carbons (Fsp3) is 0. The second kappa shape index (κ2) is 3.95. The smallest absolute Gasteiger partial charge is 0.0618 e. The summed E-state index contributed by atoms with van der Waals surface area (Å²) in [5.41, 5.74) is 10.7. The maximum Gasteiger partial charge on any atom is 0.0618 e. The monoisotopic (exact) mass is 218 g/mol. The van der Waals surface area contributed by atoms with Gasteiger partial charge in [-0.3, -0.25) is 0 Å². The van der Waals surface area contributed by atoms with Crippen LogP contribution in [-0.2, 0) is 0 Å². The van der Waals surface area contributed by atoms with Crippen LogP contribution in [0.4, 0.5) is 5.69 Å². The van der Waals surface area contributed by atoms with E-state index in [0.717, 1.165) is 11.1 Å². The van der Waals surface area contributed by atoms with E-state index in [1.807, 2.05) is 42.5 Å². The van der Waals surface area contributed by atoms with Gasteiger partial charge in [0, 0.05) is 5.56 Å². The molecule has 0 spiro atoms. The average molecular weight is 218 g/mol. The molecule has 3 aromatic carbocycles. The van der Waals surface area contributed by atoms with Gasteiger partial charge < -0.3 is 5.73 Å². The molecule has 0 bridgehead atoms. The van der Waals surface area contributed by atoms with E-state index in [-0.39, 0.29) is 0 Å². The first-order valence-corrected chi connectivity index (χ1v) is 5.65. The van der Waals surface area contributed by atoms with Crippen LogP contribution in [0.5, 0.6) is 0 Å². The quantitative estimate of drug-likeness (QED) is 0.577. The fourth-order valence-electron chi connectivity index (χ4n) is 2.18. The Morgan fingerprint density at radius 3 is 2.12 bits per heavy atom. The molecule has 0 aliphatic rings. The van der Waals surface area contributed by atoms with Crippen LogP contribution in [0.1, 0.15) is 0 Å². The topological polar surface area (TPSA) is 23.8 Å². The molecule has 0 aromatic heterocycles. The number of benzene rings is 3. The first kappa shape index (κ1) is 9.91. The molecule has 3 rings (SSSR count). The van der Waals surface area contributed by atoms with Gasteiger partial charge in [-0.15, -0.1) is 0 Å². The largest absolute Gasteiger partial charge is 0.300 e. The van der Waals surface area contributed by atoms with E-state index in [4.69, 9.17) is 5.73 Å². The van der Waals surface area contributed by atoms with Crippen molar-refractivity contribution in [3.8, 4) is 11.1 Å². The van der Waals surface area contributed by atoms with Crippen molar-refractivity contribution < 1.29 is 0 Å². The lowest BCUT2D eigenvalue weighted by atomic mass is 9.97. The molecule has 1 N–H and O–H groups in total. The molecule has 0 fully saturated rings. The third-order valence-electron chi connectivity index (χ3n) is 3.01. The first-order chi connectivity index (χ1) is 8.36. The zero-order chi connectivity index (χ0) is 11.7. The van der Waals surface area contributed by atoms with Crippen LogP contribution in [0.15, 0.2) is 66.7 Å². The summed E-state index contributed by atoms with van der Waals surface area (Å²) in [7, 11) is 0. The Morgan fingerprint density at radius 1 is 0.588 bits per heavy atom. The van der Waals surface area contributed by atoms with Gasteiger partial charge in [-0.1, -0.05) is 60.7 Å². The van der Waals surface area contributed by atoms with Gasteiger partial charge in [0.1, 0.15) is 0 Å². The lowest BCUT2D eigenvalue weighted by molar-refractivity contribution is 1.48. The summed E-state index contributed by atoms with van der Waals surface area (Å²) < 4.78 is 0. The zero-order valence-electron chi connectivity index (χ0n) is 9.35. The molecule has 0 aliphatic heterocycles. The molecule has 1 nitrogen and oxygen atoms in total. The fourth-order valence-corrected chi connectivity index (χ4v) is 2.18. The molecule has 1 radical (unpaired) electrons. The van der Waals surface area contributed by atoms with E-state index in [9.17, 15) is 0 Å². The summed E-state index contributed by atoms with van der Waals surface area (Å²) in [5.74, 6) is 0. The molecule has 0 heterocycles. The predicted octanol–water partition coefficient (Wildman–Crippen LogP) is 4.42. The average Bonchev–Trinajstić information content (AvgIpc) is 2.39. The highest BCUT2D eigenvalue weighted by molar-refractivity contribution is 5.98. The predicted molar refractivity (Wildman–Crippen MR) is 72.1 cm³/mol. The Labute approximate surface area is 101 Å². The second-order valence-electron chi connectivity index (χ2n) is 4.07. The minimum atomic E-state index is 0.573. The zero-order valence-corrected chi connectivity index (χ0v) is 9.35. The third-order valence-corrected chi connectivity index (χ3v) is 3.01. The van der Waals surface area contributed by atoms with Gasteiger partial charge >= 0.3 is 0 Å². The van der Waals surface area contributed by atoms with Gasteiger partial charge in [0.05, 0.1) is 5.69 Å². The van der Waals surface area contributed by atoms with Gasteiger partial charge in [0.25, 0.3) is 0 Å². The number of hydrogen-bond donors (Lipinski definition) is 0. The van der Waals surface area contributed by atoms with Crippen LogP contribution in [0.3, 0.4) is 0 Å². The molecule has 3 aromatic rings. The SMILES string of the molecule is [NH]c1ccccc1-c1cccc2ccccc12. The molecule has 81 valence electrons. The highest BCUT2D eigenvalue weighted by Gasteiger charge is 2.05. The van der Waals surface area contributed by atoms with Crippen LogP contribution >= 0.6 is 0 Å². The third kappa shape index (κ3) is 1.66. The number of nitrogens with one attached hydrogen (secondary N) is 1. The van der Waals surface area contributed by atoms with Gasteiger partial charge in [-0.05, 0) is 22.4 Å². The van der Waals surface area contributed by atoms with Crippen molar-refractivity contribution in [1.29, 1.82) is 0 Å². The summed E-state index contributed by atoms with van der Waals surface area (Å²) in [5, 5.41) is 2.42. The molecule has 0 atom stereocenters. The van der Waals surface area contributed by atoms with Crippen molar-refractivity contribution in [3.63, 3.8) is 0 Å². The number of rotatable bonds is 1. The van der Waals surface area contributed by atoms with E-state index in [2.05, 4.69) is 24.3 Å². The van der Waals surface area contributed by atoms with Crippen molar-refractivity contribution in [1.82, 2.24) is 5.73 Å². The minimum Gasteiger partial charge on any atom is -0.300 e. The second-order valence-corrected chi connectivity index (χ2v) is 4.07. The molecule has 0 unspecified atom stereocenters.